The maximum absolute atomic E-state index is 5.22. The molecule has 0 aromatic heterocycles. The number of anilines is 1. The van der Waals surface area contributed by atoms with Crippen molar-refractivity contribution in [1.82, 2.24) is 0 Å². The summed E-state index contributed by atoms with van der Waals surface area (Å²) in [6, 6.07) is 12.1. The van der Waals surface area contributed by atoms with Gasteiger partial charge in [-0.1, -0.05) is 12.1 Å². The van der Waals surface area contributed by atoms with E-state index in [-0.39, 0.29) is 0 Å². The first-order valence-corrected chi connectivity index (χ1v) is 8.00. The molecule has 19 heavy (non-hydrogen) atoms. The molecular weight excluding hydrogens is 438 g/mol. The molecule has 0 unspecified atom stereocenters. The first-order chi connectivity index (χ1) is 9.11. The molecule has 2 aromatic rings. The SMILES string of the molecule is COc1ccc(CNc2c(Br)cccc2Br)cc1Br. The number of rotatable bonds is 4. The van der Waals surface area contributed by atoms with Crippen molar-refractivity contribution in [2.24, 2.45) is 0 Å². The third-order valence-corrected chi connectivity index (χ3v) is 4.59. The highest BCUT2D eigenvalue weighted by Gasteiger charge is 2.05. The summed E-state index contributed by atoms with van der Waals surface area (Å²) in [6.45, 7) is 0.740. The Bertz CT molecular complexity index is 567. The van der Waals surface area contributed by atoms with Crippen LogP contribution in [0.5, 0.6) is 5.75 Å². The topological polar surface area (TPSA) is 21.3 Å². The van der Waals surface area contributed by atoms with Crippen molar-refractivity contribution in [2.75, 3.05) is 12.4 Å². The highest BCUT2D eigenvalue weighted by atomic mass is 79.9. The van der Waals surface area contributed by atoms with Crippen molar-refractivity contribution in [3.8, 4) is 5.75 Å². The number of nitrogens with one attached hydrogen (secondary N) is 1. The van der Waals surface area contributed by atoms with Crippen LogP contribution in [0.25, 0.3) is 0 Å². The number of hydrogen-bond acceptors (Lipinski definition) is 2. The van der Waals surface area contributed by atoms with Gasteiger partial charge in [0.05, 0.1) is 17.3 Å². The zero-order valence-electron chi connectivity index (χ0n) is 10.2. The molecule has 0 atom stereocenters. The first kappa shape index (κ1) is 14.9. The fourth-order valence-electron chi connectivity index (χ4n) is 1.68. The van der Waals surface area contributed by atoms with Gasteiger partial charge in [0.25, 0.3) is 0 Å². The molecule has 0 spiro atoms. The van der Waals surface area contributed by atoms with E-state index in [0.29, 0.717) is 0 Å². The fourth-order valence-corrected chi connectivity index (χ4v) is 3.54. The van der Waals surface area contributed by atoms with Gasteiger partial charge in [0, 0.05) is 15.5 Å². The van der Waals surface area contributed by atoms with Crippen molar-refractivity contribution < 1.29 is 4.74 Å². The predicted molar refractivity (Wildman–Crippen MR) is 89.9 cm³/mol. The van der Waals surface area contributed by atoms with Crippen molar-refractivity contribution in [3.63, 3.8) is 0 Å². The lowest BCUT2D eigenvalue weighted by atomic mass is 10.2. The number of benzene rings is 2. The molecule has 2 nitrogen and oxygen atoms in total. The third-order valence-electron chi connectivity index (χ3n) is 2.65. The summed E-state index contributed by atoms with van der Waals surface area (Å²) in [7, 11) is 1.66. The van der Waals surface area contributed by atoms with Gasteiger partial charge >= 0.3 is 0 Å². The van der Waals surface area contributed by atoms with E-state index in [2.05, 4.69) is 59.2 Å². The first-order valence-electron chi connectivity index (χ1n) is 5.62. The Kier molecular flexibility index (Phi) is 5.30. The van der Waals surface area contributed by atoms with Gasteiger partial charge in [-0.05, 0) is 77.6 Å². The van der Waals surface area contributed by atoms with Crippen LogP contribution in [0.15, 0.2) is 49.8 Å². The number of methoxy groups -OCH3 is 1. The van der Waals surface area contributed by atoms with Crippen molar-refractivity contribution in [2.45, 2.75) is 6.54 Å². The van der Waals surface area contributed by atoms with Crippen LogP contribution in [0.1, 0.15) is 5.56 Å². The summed E-state index contributed by atoms with van der Waals surface area (Å²) < 4.78 is 8.25. The van der Waals surface area contributed by atoms with Crippen LogP contribution in [0.4, 0.5) is 5.69 Å². The summed E-state index contributed by atoms with van der Waals surface area (Å²) in [6.07, 6.45) is 0. The normalized spacial score (nSPS) is 10.3. The molecule has 0 aliphatic carbocycles. The molecule has 100 valence electrons. The van der Waals surface area contributed by atoms with E-state index in [0.717, 1.165) is 31.4 Å². The standard InChI is InChI=1S/C14H12Br3NO/c1-19-13-6-5-9(7-12(13)17)8-18-14-10(15)3-2-4-11(14)16/h2-7,18H,8H2,1H3. The minimum absolute atomic E-state index is 0.740. The molecule has 0 fully saturated rings. The molecule has 0 saturated carbocycles. The Hall–Kier alpha value is -0.520. The molecule has 0 amide bonds. The average Bonchev–Trinajstić information content (AvgIpc) is 2.38. The Morgan fingerprint density at radius 1 is 1.00 bits per heavy atom. The van der Waals surface area contributed by atoms with Crippen molar-refractivity contribution >= 4 is 53.5 Å². The predicted octanol–water partition coefficient (Wildman–Crippen LogP) is 5.59. The van der Waals surface area contributed by atoms with Crippen LogP contribution in [0, 0.1) is 0 Å². The van der Waals surface area contributed by atoms with Crippen LogP contribution in [0.3, 0.4) is 0 Å². The van der Waals surface area contributed by atoms with E-state index in [1.165, 1.54) is 5.56 Å². The molecule has 5 heteroatoms. The zero-order valence-corrected chi connectivity index (χ0v) is 15.0. The Balaban J connectivity index is 2.13. The second-order valence-corrected chi connectivity index (χ2v) is 6.48. The average molecular weight is 450 g/mol. The molecule has 0 aliphatic heterocycles. The maximum atomic E-state index is 5.22. The van der Waals surface area contributed by atoms with E-state index in [9.17, 15) is 0 Å². The second kappa shape index (κ2) is 6.77. The quantitative estimate of drug-likeness (QED) is 0.656. The van der Waals surface area contributed by atoms with Crippen molar-refractivity contribution in [1.29, 1.82) is 0 Å². The monoisotopic (exact) mass is 447 g/mol. The van der Waals surface area contributed by atoms with E-state index < -0.39 is 0 Å². The van der Waals surface area contributed by atoms with Gasteiger partial charge in [0.15, 0.2) is 0 Å². The van der Waals surface area contributed by atoms with E-state index in [1.807, 2.05) is 30.3 Å². The van der Waals surface area contributed by atoms with E-state index in [4.69, 9.17) is 4.74 Å². The number of para-hydroxylation sites is 1. The minimum Gasteiger partial charge on any atom is -0.496 e. The van der Waals surface area contributed by atoms with Gasteiger partial charge in [0.1, 0.15) is 5.75 Å². The molecule has 0 aliphatic rings. The fraction of sp³-hybridized carbons (Fsp3) is 0.143. The molecule has 0 radical (unpaired) electrons. The highest BCUT2D eigenvalue weighted by molar-refractivity contribution is 9.11. The van der Waals surface area contributed by atoms with Crippen LogP contribution in [-0.2, 0) is 6.54 Å². The lowest BCUT2D eigenvalue weighted by Gasteiger charge is -2.12. The molecule has 0 saturated heterocycles. The van der Waals surface area contributed by atoms with Crippen LogP contribution in [-0.4, -0.2) is 7.11 Å². The van der Waals surface area contributed by atoms with Crippen LogP contribution >= 0.6 is 47.8 Å². The number of ether oxygens (including phenoxy) is 1. The van der Waals surface area contributed by atoms with Gasteiger partial charge in [-0.3, -0.25) is 0 Å². The van der Waals surface area contributed by atoms with E-state index >= 15 is 0 Å². The number of halogens is 3. The Morgan fingerprint density at radius 2 is 1.68 bits per heavy atom. The Labute approximate surface area is 137 Å². The number of hydrogen-bond donors (Lipinski definition) is 1. The molecular formula is C14H12Br3NO. The van der Waals surface area contributed by atoms with Gasteiger partial charge in [-0.2, -0.15) is 0 Å². The molecule has 1 N–H and O–H groups in total. The largest absolute Gasteiger partial charge is 0.496 e. The lowest BCUT2D eigenvalue weighted by Crippen LogP contribution is -2.01. The Morgan fingerprint density at radius 3 is 2.26 bits per heavy atom. The second-order valence-electron chi connectivity index (χ2n) is 3.92. The smallest absolute Gasteiger partial charge is 0.133 e. The summed E-state index contributed by atoms with van der Waals surface area (Å²) in [5, 5.41) is 3.41. The lowest BCUT2D eigenvalue weighted by molar-refractivity contribution is 0.412. The molecule has 2 aromatic carbocycles. The molecule has 0 bridgehead atoms. The van der Waals surface area contributed by atoms with Gasteiger partial charge < -0.3 is 10.1 Å². The highest BCUT2D eigenvalue weighted by Crippen LogP contribution is 2.31. The summed E-state index contributed by atoms with van der Waals surface area (Å²) in [5.74, 6) is 0.839. The molecule has 2 rings (SSSR count). The zero-order chi connectivity index (χ0) is 13.8. The van der Waals surface area contributed by atoms with E-state index in [1.54, 1.807) is 7.11 Å². The minimum atomic E-state index is 0.740. The van der Waals surface area contributed by atoms with Crippen LogP contribution < -0.4 is 10.1 Å². The van der Waals surface area contributed by atoms with Gasteiger partial charge in [-0.15, -0.1) is 0 Å². The summed E-state index contributed by atoms with van der Waals surface area (Å²) >= 11 is 10.6. The third kappa shape index (κ3) is 3.74. The van der Waals surface area contributed by atoms with Gasteiger partial charge in [-0.25, -0.2) is 0 Å². The van der Waals surface area contributed by atoms with Crippen LogP contribution in [0.2, 0.25) is 0 Å². The summed E-state index contributed by atoms with van der Waals surface area (Å²) in [5.41, 5.74) is 2.23. The maximum Gasteiger partial charge on any atom is 0.133 e. The van der Waals surface area contributed by atoms with Gasteiger partial charge in [0.2, 0.25) is 0 Å². The summed E-state index contributed by atoms with van der Waals surface area (Å²) in [4.78, 5) is 0. The molecule has 0 heterocycles. The van der Waals surface area contributed by atoms with Crippen molar-refractivity contribution in [3.05, 3.63) is 55.4 Å².